The van der Waals surface area contributed by atoms with Crippen LogP contribution in [0.5, 0.6) is 5.75 Å². The van der Waals surface area contributed by atoms with E-state index in [2.05, 4.69) is 49.6 Å². The lowest BCUT2D eigenvalue weighted by atomic mass is 9.82. The number of pyridine rings is 1. The molecule has 11 atom stereocenters. The van der Waals surface area contributed by atoms with Gasteiger partial charge in [0.05, 0.1) is 42.2 Å². The molecule has 2 aliphatic heterocycles. The number of H-pyrrole nitrogens is 1. The summed E-state index contributed by atoms with van der Waals surface area (Å²) in [6.45, 7) is 7.50. The second kappa shape index (κ2) is 22.5. The first-order chi connectivity index (χ1) is 31.6. The molecule has 4 heterocycles. The van der Waals surface area contributed by atoms with Crippen LogP contribution in [0, 0.1) is 23.7 Å². The van der Waals surface area contributed by atoms with Crippen LogP contribution >= 0.6 is 11.8 Å². The maximum atomic E-state index is 15.3. The van der Waals surface area contributed by atoms with Crippen molar-refractivity contribution in [3.8, 4) is 29.4 Å². The molecule has 0 spiro atoms. The van der Waals surface area contributed by atoms with E-state index in [4.69, 9.17) is 34.9 Å². The minimum absolute atomic E-state index is 0.0167. The Labute approximate surface area is 395 Å². The van der Waals surface area contributed by atoms with Crippen molar-refractivity contribution in [2.24, 2.45) is 0 Å². The number of aliphatic hydroxyl groups excluding tert-OH is 2. The molecule has 0 radical (unpaired) electrons. The molecule has 9 unspecified atom stereocenters. The van der Waals surface area contributed by atoms with Crippen LogP contribution in [-0.4, -0.2) is 148 Å². The van der Waals surface area contributed by atoms with Gasteiger partial charge in [-0.3, -0.25) is 14.6 Å². The molecule has 0 saturated carbocycles. The van der Waals surface area contributed by atoms with Gasteiger partial charge in [-0.15, -0.1) is 27.1 Å². The third-order valence-electron chi connectivity index (χ3n) is 11.6. The van der Waals surface area contributed by atoms with E-state index in [1.807, 2.05) is 20.1 Å². The fraction of sp³-hybridized carbons (Fsp3) is 0.489. The summed E-state index contributed by atoms with van der Waals surface area (Å²) in [5.74, 6) is 10.7. The molecule has 3 aliphatic rings. The Morgan fingerprint density at radius 2 is 1.95 bits per heavy atom. The number of aromatic nitrogens is 2. The lowest BCUT2D eigenvalue weighted by molar-refractivity contribution is -0.323. The first kappa shape index (κ1) is 50.9. The van der Waals surface area contributed by atoms with Crippen LogP contribution in [0.1, 0.15) is 51.0 Å². The molecule has 3 aromatic rings. The molecule has 354 valence electrons. The van der Waals surface area contributed by atoms with Gasteiger partial charge >= 0.3 is 6.03 Å². The molecule has 1 aromatic carbocycles. The Balaban J connectivity index is 1.50. The summed E-state index contributed by atoms with van der Waals surface area (Å²) < 4.78 is 30.6. The van der Waals surface area contributed by atoms with Gasteiger partial charge in [0.1, 0.15) is 34.5 Å². The number of phenolic OH excluding ortho intramolecular Hbond substituents is 1. The number of phenols is 1. The molecule has 1 aliphatic carbocycles. The van der Waals surface area contributed by atoms with E-state index in [0.29, 0.717) is 27.6 Å². The number of ketones is 2. The van der Waals surface area contributed by atoms with Crippen molar-refractivity contribution in [3.05, 3.63) is 71.2 Å². The minimum Gasteiger partial charge on any atom is -0.508 e. The number of carbonyl (C=O) groups is 3. The number of thioether (sulfide) groups is 1. The lowest BCUT2D eigenvalue weighted by Gasteiger charge is -2.51. The van der Waals surface area contributed by atoms with Crippen molar-refractivity contribution < 1.29 is 53.4 Å². The van der Waals surface area contributed by atoms with Crippen molar-refractivity contribution in [3.63, 3.8) is 0 Å². The van der Waals surface area contributed by atoms with Crippen LogP contribution in [0.25, 0.3) is 21.8 Å². The number of urea groups is 1. The Morgan fingerprint density at radius 3 is 2.64 bits per heavy atom. The van der Waals surface area contributed by atoms with Crippen molar-refractivity contribution >= 4 is 71.8 Å². The number of amides is 2. The summed E-state index contributed by atoms with van der Waals surface area (Å²) in [7, 11) is 2.42. The first-order valence-electron chi connectivity index (χ1n) is 21.3. The van der Waals surface area contributed by atoms with E-state index < -0.39 is 74.9 Å². The third kappa shape index (κ3) is 10.9. The fourth-order valence-corrected chi connectivity index (χ4v) is 10.2. The second-order valence-corrected chi connectivity index (χ2v) is 20.5. The number of hydrogen-bond donors (Lipinski definition) is 7. The van der Waals surface area contributed by atoms with Gasteiger partial charge < -0.3 is 59.9 Å². The van der Waals surface area contributed by atoms with E-state index in [9.17, 15) is 24.9 Å². The smallest absolute Gasteiger partial charge is 0.319 e. The zero-order valence-electron chi connectivity index (χ0n) is 38.0. The van der Waals surface area contributed by atoms with Crippen molar-refractivity contribution in [2.45, 2.75) is 107 Å². The van der Waals surface area contributed by atoms with Gasteiger partial charge in [-0.2, -0.15) is 0 Å². The zero-order valence-corrected chi connectivity index (χ0v) is 40.4. The molecular formula is C47H57N5O11S3. The average Bonchev–Trinajstić information content (AvgIpc) is 3.65. The van der Waals surface area contributed by atoms with Crippen molar-refractivity contribution in [1.29, 1.82) is 0 Å². The predicted octanol–water partition coefficient (Wildman–Crippen LogP) is 3.45. The van der Waals surface area contributed by atoms with Crippen molar-refractivity contribution in [2.75, 3.05) is 39.0 Å². The molecular weight excluding hydrogens is 907 g/mol. The van der Waals surface area contributed by atoms with Crippen LogP contribution in [0.15, 0.2) is 65.5 Å². The molecule has 2 fully saturated rings. The molecule has 16 nitrogen and oxygen atoms in total. The number of rotatable bonds is 14. The number of aromatic hydroxyl groups is 1. The minimum atomic E-state index is -1.79. The number of methoxy groups -OCH3 is 1. The monoisotopic (exact) mass is 963 g/mol. The van der Waals surface area contributed by atoms with Crippen molar-refractivity contribution in [1.82, 2.24) is 25.9 Å². The number of allylic oxidation sites excluding steroid dienone is 3. The molecule has 2 amide bonds. The van der Waals surface area contributed by atoms with E-state index in [0.717, 1.165) is 11.8 Å². The largest absolute Gasteiger partial charge is 0.508 e. The number of fused-ring (bicyclic) bond motifs is 3. The normalized spacial score (nSPS) is 28.5. The Bertz CT molecular complexity index is 2560. The number of nitrogens with one attached hydrogen (secondary N) is 4. The maximum Gasteiger partial charge on any atom is 0.319 e. The number of ether oxygens (including phenoxy) is 5. The highest BCUT2D eigenvalue weighted by atomic mass is 32.8. The summed E-state index contributed by atoms with van der Waals surface area (Å²) in [6, 6.07) is 5.78. The number of aromatic amines is 1. The molecule has 19 heteroatoms. The maximum absolute atomic E-state index is 15.3. The topological polar surface area (TPSA) is 223 Å². The van der Waals surface area contributed by atoms with E-state index in [-0.39, 0.29) is 65.9 Å². The Morgan fingerprint density at radius 1 is 1.20 bits per heavy atom. The van der Waals surface area contributed by atoms with Gasteiger partial charge in [0.25, 0.3) is 0 Å². The van der Waals surface area contributed by atoms with Crippen LogP contribution in [0.2, 0.25) is 0 Å². The number of benzene rings is 1. The number of Topliss-reactive ketones (excluding diaryl/α,β-unsaturated/α-hetero) is 2. The highest BCUT2D eigenvalue weighted by molar-refractivity contribution is 8.28. The second-order valence-electron chi connectivity index (χ2n) is 16.2. The van der Waals surface area contributed by atoms with Crippen LogP contribution in [0.3, 0.4) is 0 Å². The summed E-state index contributed by atoms with van der Waals surface area (Å²) in [4.78, 5) is 49.9. The molecule has 6 rings (SSSR count). The van der Waals surface area contributed by atoms with Gasteiger partial charge in [-0.1, -0.05) is 48.9 Å². The Hall–Kier alpha value is -4.48. The first-order valence-corrected chi connectivity index (χ1v) is 25.3. The number of hydrogen-bond acceptors (Lipinski definition) is 15. The zero-order chi connectivity index (χ0) is 47.9. The lowest BCUT2D eigenvalue weighted by Crippen LogP contribution is -2.68. The summed E-state index contributed by atoms with van der Waals surface area (Å²) in [5.41, 5.74) is 1.19. The molecule has 2 aromatic heterocycles. The van der Waals surface area contributed by atoms with Gasteiger partial charge in [0.15, 0.2) is 18.4 Å². The van der Waals surface area contributed by atoms with Gasteiger partial charge in [-0.05, 0) is 68.3 Å². The summed E-state index contributed by atoms with van der Waals surface area (Å²) in [5, 5.41) is 44.6. The predicted molar refractivity (Wildman–Crippen MR) is 257 cm³/mol. The highest BCUT2D eigenvalue weighted by Crippen LogP contribution is 2.46. The number of carbonyl (C=O) groups excluding carboxylic acids is 3. The van der Waals surface area contributed by atoms with Crippen LogP contribution in [-0.2, 0) is 49.1 Å². The summed E-state index contributed by atoms with van der Waals surface area (Å²) in [6.07, 6.45) is -0.439. The fourth-order valence-electron chi connectivity index (χ4n) is 8.49. The van der Waals surface area contributed by atoms with Gasteiger partial charge in [0, 0.05) is 66.9 Å². The van der Waals surface area contributed by atoms with E-state index in [1.54, 1.807) is 51.5 Å². The average molecular weight is 964 g/mol. The van der Waals surface area contributed by atoms with E-state index in [1.165, 1.54) is 31.5 Å². The standard InChI is InChI=1S/C47H57N5O11S3/c1-9-10-11-12-13-14-35(38-29(18-20-66(8)64)33(54)22-34(55)40(38)52-46(58)48-5)62-45-42(63-37-23-36(59-6)32(24-60-37)50-25(2)3)44(57)47(65-7,26(4)61-45)43(56)41-39-28(17-19-49-41)30-21-27(53)15-16-31(30)51-39/h11-12,15-19,21,25-26,32-33,35-37,42,44-45,50-51,53-54,57H,20,22-24H2,1-8H3,(H2,48,52,58)/b12-11-,29-18-/t26?,32?,33-,35-,36?,37?,42?,44?,45?,47?,66?/m0/s1. The number of aliphatic hydroxyl groups is 2. The summed E-state index contributed by atoms with van der Waals surface area (Å²) >= 11 is 6.56. The van der Waals surface area contributed by atoms with Crippen LogP contribution in [0.4, 0.5) is 4.79 Å². The molecule has 7 N–H and O–H groups in total. The molecule has 2 saturated heterocycles. The van der Waals surface area contributed by atoms with Gasteiger partial charge in [-0.25, -0.2) is 4.79 Å². The molecule has 66 heavy (non-hydrogen) atoms. The van der Waals surface area contributed by atoms with E-state index >= 15 is 4.79 Å². The van der Waals surface area contributed by atoms with Gasteiger partial charge in [0.2, 0.25) is 5.78 Å². The quantitative estimate of drug-likeness (QED) is 0.0909. The number of nitrogens with zero attached hydrogens (tertiary/aromatic N) is 1. The molecule has 0 bridgehead atoms. The Kier molecular flexibility index (Phi) is 17.4. The SMILES string of the molecule is CC#C/C=C\C#C[C@H](OC1OC(C)C(SC)(C(=O)c2nccc3c2[nH]c2ccc(O)cc23)C(O)C1OC1CC(OC)C(NC(C)C)CO1)C1=C(NC(=O)NC)C(=O)C[C@H](O)/C1=C/CS(C)=S. The third-order valence-corrected chi connectivity index (χ3v) is 14.1. The highest BCUT2D eigenvalue weighted by Gasteiger charge is 2.61. The van der Waals surface area contributed by atoms with Crippen LogP contribution < -0.4 is 16.0 Å².